The lowest BCUT2D eigenvalue weighted by molar-refractivity contribution is 0.196. The molecule has 1 saturated carbocycles. The fourth-order valence-corrected chi connectivity index (χ4v) is 2.83. The van der Waals surface area contributed by atoms with Crippen LogP contribution in [0.2, 0.25) is 0 Å². The van der Waals surface area contributed by atoms with Gasteiger partial charge in [0.05, 0.1) is 12.1 Å². The van der Waals surface area contributed by atoms with Crippen molar-refractivity contribution in [3.05, 3.63) is 28.7 Å². The number of benzene rings is 1. The van der Waals surface area contributed by atoms with Crippen LogP contribution in [0, 0.1) is 0 Å². The first-order valence-electron chi connectivity index (χ1n) is 6.39. The van der Waals surface area contributed by atoms with E-state index < -0.39 is 0 Å². The zero-order valence-corrected chi connectivity index (χ0v) is 11.7. The van der Waals surface area contributed by atoms with Crippen LogP contribution >= 0.6 is 15.9 Å². The first-order chi connectivity index (χ1) is 8.24. The van der Waals surface area contributed by atoms with Gasteiger partial charge in [-0.05, 0) is 37.1 Å². The minimum absolute atomic E-state index is 0.107. The third-order valence-corrected chi connectivity index (χ3v) is 4.15. The molecule has 17 heavy (non-hydrogen) atoms. The van der Waals surface area contributed by atoms with Crippen LogP contribution in [0.5, 0.6) is 0 Å². The average molecular weight is 298 g/mol. The van der Waals surface area contributed by atoms with Crippen LogP contribution in [0.1, 0.15) is 38.5 Å². The Balaban J connectivity index is 2.09. The molecule has 1 aromatic carbocycles. The number of hydrogen-bond acceptors (Lipinski definition) is 2. The first-order valence-corrected chi connectivity index (χ1v) is 7.18. The van der Waals surface area contributed by atoms with Crippen molar-refractivity contribution in [3.8, 4) is 0 Å². The number of anilines is 1. The average Bonchev–Trinajstić information content (AvgIpc) is 2.58. The molecule has 0 atom stereocenters. The van der Waals surface area contributed by atoms with E-state index in [2.05, 4.69) is 33.4 Å². The second kappa shape index (κ2) is 5.87. The Kier molecular flexibility index (Phi) is 4.46. The lowest BCUT2D eigenvalue weighted by Gasteiger charge is -2.33. The summed E-state index contributed by atoms with van der Waals surface area (Å²) >= 11 is 3.44. The van der Waals surface area contributed by atoms with Gasteiger partial charge < -0.3 is 10.4 Å². The van der Waals surface area contributed by atoms with Gasteiger partial charge in [0.25, 0.3) is 0 Å². The van der Waals surface area contributed by atoms with Crippen LogP contribution in [-0.4, -0.2) is 17.3 Å². The molecule has 0 radical (unpaired) electrons. The monoisotopic (exact) mass is 297 g/mol. The van der Waals surface area contributed by atoms with Gasteiger partial charge in [0.2, 0.25) is 0 Å². The van der Waals surface area contributed by atoms with E-state index in [9.17, 15) is 5.11 Å². The summed E-state index contributed by atoms with van der Waals surface area (Å²) in [5, 5.41) is 13.3. The summed E-state index contributed by atoms with van der Waals surface area (Å²) in [4.78, 5) is 0. The number of nitrogens with one attached hydrogen (secondary N) is 1. The molecule has 3 heteroatoms. The molecular weight excluding hydrogens is 278 g/mol. The highest BCUT2D eigenvalue weighted by atomic mass is 79.9. The van der Waals surface area contributed by atoms with Crippen molar-refractivity contribution in [2.24, 2.45) is 0 Å². The van der Waals surface area contributed by atoms with Gasteiger partial charge in [-0.1, -0.05) is 41.6 Å². The normalized spacial score (nSPS) is 19.6. The molecule has 0 amide bonds. The fourth-order valence-electron chi connectivity index (χ4n) is 2.57. The minimum atomic E-state index is -0.107. The van der Waals surface area contributed by atoms with Crippen LogP contribution in [0.4, 0.5) is 5.69 Å². The van der Waals surface area contributed by atoms with Gasteiger partial charge in [-0.2, -0.15) is 0 Å². The van der Waals surface area contributed by atoms with E-state index in [4.69, 9.17) is 0 Å². The third-order valence-electron chi connectivity index (χ3n) is 3.62. The largest absolute Gasteiger partial charge is 0.394 e. The Labute approximate surface area is 112 Å². The number of halogens is 1. The minimum Gasteiger partial charge on any atom is -0.394 e. The predicted molar refractivity (Wildman–Crippen MR) is 75.3 cm³/mol. The molecule has 1 aliphatic carbocycles. The van der Waals surface area contributed by atoms with Crippen molar-refractivity contribution in [1.29, 1.82) is 0 Å². The Morgan fingerprint density at radius 1 is 1.06 bits per heavy atom. The van der Waals surface area contributed by atoms with Crippen LogP contribution in [0.3, 0.4) is 0 Å². The molecule has 1 aromatic rings. The van der Waals surface area contributed by atoms with Gasteiger partial charge in [0.1, 0.15) is 0 Å². The Morgan fingerprint density at radius 3 is 2.18 bits per heavy atom. The van der Waals surface area contributed by atoms with Crippen molar-refractivity contribution >= 4 is 21.6 Å². The maximum atomic E-state index is 9.71. The molecule has 0 saturated heterocycles. The van der Waals surface area contributed by atoms with Crippen LogP contribution in [0.15, 0.2) is 28.7 Å². The maximum absolute atomic E-state index is 9.71. The van der Waals surface area contributed by atoms with E-state index >= 15 is 0 Å². The summed E-state index contributed by atoms with van der Waals surface area (Å²) in [6.45, 7) is 0.225. The Hall–Kier alpha value is -0.540. The highest BCUT2D eigenvalue weighted by molar-refractivity contribution is 9.10. The molecule has 2 nitrogen and oxygen atoms in total. The van der Waals surface area contributed by atoms with E-state index in [1.165, 1.54) is 25.7 Å². The molecule has 0 unspecified atom stereocenters. The van der Waals surface area contributed by atoms with Crippen molar-refractivity contribution in [3.63, 3.8) is 0 Å². The molecule has 2 rings (SSSR count). The molecule has 2 N–H and O–H groups in total. The predicted octanol–water partition coefficient (Wildman–Crippen LogP) is 3.95. The Bertz CT molecular complexity index is 342. The van der Waals surface area contributed by atoms with Crippen molar-refractivity contribution in [1.82, 2.24) is 0 Å². The SMILES string of the molecule is OCC1(Nc2ccc(Br)cc2)CCCCCC1. The lowest BCUT2D eigenvalue weighted by atomic mass is 9.91. The summed E-state index contributed by atoms with van der Waals surface area (Å²) in [7, 11) is 0. The molecular formula is C14H20BrNO. The third kappa shape index (κ3) is 3.46. The van der Waals surface area contributed by atoms with E-state index in [0.717, 1.165) is 23.0 Å². The molecule has 0 aliphatic heterocycles. The molecule has 94 valence electrons. The second-order valence-electron chi connectivity index (χ2n) is 4.98. The van der Waals surface area contributed by atoms with Crippen molar-refractivity contribution in [2.75, 3.05) is 11.9 Å². The lowest BCUT2D eigenvalue weighted by Crippen LogP contribution is -2.41. The van der Waals surface area contributed by atoms with E-state index in [-0.39, 0.29) is 12.1 Å². The van der Waals surface area contributed by atoms with Gasteiger partial charge in [-0.3, -0.25) is 0 Å². The van der Waals surface area contributed by atoms with Gasteiger partial charge in [0, 0.05) is 10.2 Å². The first kappa shape index (κ1) is 12.9. The zero-order chi connectivity index (χ0) is 12.1. The van der Waals surface area contributed by atoms with E-state index in [0.29, 0.717) is 0 Å². The van der Waals surface area contributed by atoms with Gasteiger partial charge >= 0.3 is 0 Å². The van der Waals surface area contributed by atoms with E-state index in [1.807, 2.05) is 12.1 Å². The summed E-state index contributed by atoms with van der Waals surface area (Å²) < 4.78 is 1.09. The number of aliphatic hydroxyl groups excluding tert-OH is 1. The summed E-state index contributed by atoms with van der Waals surface area (Å²) in [5.41, 5.74) is 0.994. The zero-order valence-electron chi connectivity index (χ0n) is 10.1. The fraction of sp³-hybridized carbons (Fsp3) is 0.571. The maximum Gasteiger partial charge on any atom is 0.0661 e. The molecule has 1 aliphatic rings. The standard InChI is InChI=1S/C14H20BrNO/c15-12-5-7-13(8-6-12)16-14(11-17)9-3-1-2-4-10-14/h5-8,16-17H,1-4,9-11H2. The van der Waals surface area contributed by atoms with Crippen LogP contribution < -0.4 is 5.32 Å². The summed E-state index contributed by atoms with van der Waals surface area (Å²) in [6.07, 6.45) is 7.15. The highest BCUT2D eigenvalue weighted by Crippen LogP contribution is 2.30. The molecule has 0 heterocycles. The molecule has 0 spiro atoms. The highest BCUT2D eigenvalue weighted by Gasteiger charge is 2.29. The topological polar surface area (TPSA) is 32.3 Å². The van der Waals surface area contributed by atoms with Gasteiger partial charge in [-0.25, -0.2) is 0 Å². The summed E-state index contributed by atoms with van der Waals surface area (Å²) in [5.74, 6) is 0. The van der Waals surface area contributed by atoms with E-state index in [1.54, 1.807) is 0 Å². The quantitative estimate of drug-likeness (QED) is 0.828. The molecule has 0 bridgehead atoms. The number of rotatable bonds is 3. The van der Waals surface area contributed by atoms with Crippen LogP contribution in [0.25, 0.3) is 0 Å². The smallest absolute Gasteiger partial charge is 0.0661 e. The molecule has 1 fully saturated rings. The van der Waals surface area contributed by atoms with Crippen LogP contribution in [-0.2, 0) is 0 Å². The number of hydrogen-bond donors (Lipinski definition) is 2. The van der Waals surface area contributed by atoms with Crippen molar-refractivity contribution < 1.29 is 5.11 Å². The molecule has 0 aromatic heterocycles. The second-order valence-corrected chi connectivity index (χ2v) is 5.90. The van der Waals surface area contributed by atoms with Gasteiger partial charge in [0.15, 0.2) is 0 Å². The Morgan fingerprint density at radius 2 is 1.65 bits per heavy atom. The number of aliphatic hydroxyl groups is 1. The van der Waals surface area contributed by atoms with Crippen molar-refractivity contribution in [2.45, 2.75) is 44.1 Å². The van der Waals surface area contributed by atoms with Gasteiger partial charge in [-0.15, -0.1) is 0 Å². The summed E-state index contributed by atoms with van der Waals surface area (Å²) in [6, 6.07) is 8.19.